The number of benzene rings is 2. The van der Waals surface area contributed by atoms with E-state index in [4.69, 9.17) is 0 Å². The third-order valence-electron chi connectivity index (χ3n) is 8.39. The first-order valence-electron chi connectivity index (χ1n) is 13.8. The Labute approximate surface area is 243 Å². The number of fused-ring (bicyclic) bond motifs is 1. The molecule has 12 heteroatoms. The van der Waals surface area contributed by atoms with Crippen molar-refractivity contribution in [2.45, 2.75) is 62.1 Å². The molecule has 6 rings (SSSR count). The van der Waals surface area contributed by atoms with E-state index in [2.05, 4.69) is 10.3 Å². The van der Waals surface area contributed by atoms with Crippen LogP contribution in [0.25, 0.3) is 0 Å². The molecule has 0 unspecified atom stereocenters. The van der Waals surface area contributed by atoms with E-state index >= 15 is 4.39 Å². The van der Waals surface area contributed by atoms with E-state index in [1.54, 1.807) is 24.3 Å². The fourth-order valence-electron chi connectivity index (χ4n) is 6.37. The second kappa shape index (κ2) is 10.5. The predicted octanol–water partition coefficient (Wildman–Crippen LogP) is 4.52. The molecule has 1 saturated heterocycles. The number of hydrogen-bond acceptors (Lipinski definition) is 5. The van der Waals surface area contributed by atoms with Crippen LogP contribution in [0.15, 0.2) is 60.8 Å². The van der Waals surface area contributed by atoms with E-state index in [-0.39, 0.29) is 37.1 Å². The summed E-state index contributed by atoms with van der Waals surface area (Å²) in [6.45, 7) is 0. The lowest BCUT2D eigenvalue weighted by Crippen LogP contribution is -2.64. The summed E-state index contributed by atoms with van der Waals surface area (Å²) in [7, 11) is 0. The van der Waals surface area contributed by atoms with Gasteiger partial charge < -0.3 is 5.32 Å². The summed E-state index contributed by atoms with van der Waals surface area (Å²) < 4.78 is 57.8. The van der Waals surface area contributed by atoms with Crippen LogP contribution >= 0.6 is 0 Å². The fraction of sp³-hybridized carbons (Fsp3) is 0.323. The van der Waals surface area contributed by atoms with Gasteiger partial charge in [-0.25, -0.2) is 22.5 Å². The van der Waals surface area contributed by atoms with Crippen LogP contribution in [0.2, 0.25) is 0 Å². The van der Waals surface area contributed by atoms with Crippen molar-refractivity contribution < 1.29 is 31.9 Å². The fourth-order valence-corrected chi connectivity index (χ4v) is 6.37. The Bertz CT molecular complexity index is 1680. The molecule has 3 aliphatic rings. The van der Waals surface area contributed by atoms with E-state index in [9.17, 15) is 32.8 Å². The van der Waals surface area contributed by atoms with Crippen LogP contribution in [0.1, 0.15) is 48.8 Å². The molecule has 1 saturated carbocycles. The number of pyridine rings is 1. The van der Waals surface area contributed by atoms with Crippen molar-refractivity contribution in [1.82, 2.24) is 10.3 Å². The molecule has 8 nitrogen and oxygen atoms in total. The molecule has 43 heavy (non-hydrogen) atoms. The molecule has 2 aliphatic carbocycles. The lowest BCUT2D eigenvalue weighted by Gasteiger charge is -2.45. The van der Waals surface area contributed by atoms with Crippen LogP contribution in [0, 0.1) is 23.0 Å². The number of rotatable bonds is 6. The van der Waals surface area contributed by atoms with Gasteiger partial charge in [0, 0.05) is 37.6 Å². The number of aromatic nitrogens is 1. The maximum atomic E-state index is 15.6. The smallest absolute Gasteiger partial charge is 0.252 e. The topological polar surface area (TPSA) is 106 Å². The summed E-state index contributed by atoms with van der Waals surface area (Å²) in [4.78, 5) is 48.3. The molecule has 0 radical (unpaired) electrons. The highest BCUT2D eigenvalue weighted by atomic mass is 19.3. The summed E-state index contributed by atoms with van der Waals surface area (Å²) in [5.41, 5.74) is -1.28. The lowest BCUT2D eigenvalue weighted by atomic mass is 9.83. The highest BCUT2D eigenvalue weighted by molar-refractivity contribution is 6.12. The van der Waals surface area contributed by atoms with E-state index in [1.807, 2.05) is 6.07 Å². The number of nitriles is 1. The first-order valence-corrected chi connectivity index (χ1v) is 13.8. The van der Waals surface area contributed by atoms with Crippen LogP contribution in [-0.4, -0.2) is 40.7 Å². The summed E-state index contributed by atoms with van der Waals surface area (Å²) in [6.07, 6.45) is 0.242. The number of carbonyl (C=O) groups is 3. The van der Waals surface area contributed by atoms with Crippen LogP contribution in [0.3, 0.4) is 0 Å². The van der Waals surface area contributed by atoms with Crippen LogP contribution in [0.5, 0.6) is 0 Å². The van der Waals surface area contributed by atoms with Gasteiger partial charge in [0.25, 0.3) is 17.7 Å². The second-order valence-corrected chi connectivity index (χ2v) is 11.1. The summed E-state index contributed by atoms with van der Waals surface area (Å²) in [5, 5.41) is 12.0. The van der Waals surface area contributed by atoms with Gasteiger partial charge in [0.05, 0.1) is 17.3 Å². The number of amides is 3. The van der Waals surface area contributed by atoms with E-state index in [1.165, 1.54) is 18.3 Å². The van der Waals surface area contributed by atoms with Gasteiger partial charge in [0.1, 0.15) is 23.5 Å². The molecular weight excluding hydrogens is 566 g/mol. The number of carbonyl (C=O) groups excluding carboxylic acids is 3. The second-order valence-electron chi connectivity index (χ2n) is 11.1. The first kappa shape index (κ1) is 28.3. The molecule has 3 aromatic rings. The minimum Gasteiger partial charge on any atom is -0.351 e. The van der Waals surface area contributed by atoms with Crippen molar-refractivity contribution in [2.75, 3.05) is 9.80 Å². The van der Waals surface area contributed by atoms with Crippen molar-refractivity contribution in [3.63, 3.8) is 0 Å². The molecule has 0 spiro atoms. The van der Waals surface area contributed by atoms with E-state index in [0.29, 0.717) is 11.1 Å². The maximum Gasteiger partial charge on any atom is 0.252 e. The number of aryl methyl sites for hydroxylation is 1. The van der Waals surface area contributed by atoms with Crippen molar-refractivity contribution in [1.29, 1.82) is 5.26 Å². The van der Waals surface area contributed by atoms with Crippen molar-refractivity contribution in [3.05, 3.63) is 89.1 Å². The van der Waals surface area contributed by atoms with Crippen LogP contribution in [-0.2, 0) is 26.3 Å². The highest BCUT2D eigenvalue weighted by Crippen LogP contribution is 2.47. The zero-order chi connectivity index (χ0) is 30.5. The molecule has 0 bridgehead atoms. The van der Waals surface area contributed by atoms with Crippen LogP contribution in [0.4, 0.5) is 29.1 Å². The number of halogens is 4. The molecule has 1 aromatic heterocycles. The molecule has 2 fully saturated rings. The van der Waals surface area contributed by atoms with Gasteiger partial charge in [0.15, 0.2) is 5.54 Å². The third kappa shape index (κ3) is 4.78. The van der Waals surface area contributed by atoms with Crippen LogP contribution < -0.4 is 15.1 Å². The van der Waals surface area contributed by atoms with Gasteiger partial charge in [-0.1, -0.05) is 24.3 Å². The zero-order valence-corrected chi connectivity index (χ0v) is 22.7. The predicted molar refractivity (Wildman–Crippen MR) is 146 cm³/mol. The third-order valence-corrected chi connectivity index (χ3v) is 8.39. The normalized spacial score (nSPS) is 22.4. The average molecular weight is 592 g/mol. The Kier molecular flexibility index (Phi) is 6.91. The minimum atomic E-state index is -2.95. The molecule has 220 valence electrons. The quantitative estimate of drug-likeness (QED) is 0.425. The largest absolute Gasteiger partial charge is 0.351 e. The molecule has 2 aromatic carbocycles. The van der Waals surface area contributed by atoms with Gasteiger partial charge in [-0.05, 0) is 54.7 Å². The monoisotopic (exact) mass is 591 g/mol. The number of nitrogens with zero attached hydrogens (tertiary/aromatic N) is 4. The Balaban J connectivity index is 1.52. The molecular formula is C31H25F4N5O3. The lowest BCUT2D eigenvalue weighted by molar-refractivity contribution is -0.137. The minimum absolute atomic E-state index is 0.0154. The number of nitrogens with one attached hydrogen (secondary N) is 1. The van der Waals surface area contributed by atoms with Gasteiger partial charge in [-0.3, -0.25) is 24.2 Å². The molecule has 1 N–H and O–H groups in total. The zero-order valence-electron chi connectivity index (χ0n) is 22.7. The van der Waals surface area contributed by atoms with Crippen molar-refractivity contribution in [2.24, 2.45) is 0 Å². The van der Waals surface area contributed by atoms with Crippen molar-refractivity contribution >= 4 is 29.2 Å². The van der Waals surface area contributed by atoms with Gasteiger partial charge >= 0.3 is 0 Å². The van der Waals surface area contributed by atoms with E-state index in [0.717, 1.165) is 28.0 Å². The average Bonchev–Trinajstić information content (AvgIpc) is 3.55. The van der Waals surface area contributed by atoms with Gasteiger partial charge in [-0.2, -0.15) is 5.26 Å². The maximum absolute atomic E-state index is 15.6. The molecule has 2 atom stereocenters. The number of alkyl halides is 2. The Morgan fingerprint density at radius 3 is 2.58 bits per heavy atom. The first-order chi connectivity index (χ1) is 20.5. The number of anilines is 2. The SMILES string of the molecule is N#Cc1ccnc(N2C(=O)CC[C@H]2C(=O)N(c2cc(F)ccc2F)[C@@]2(C(=O)NC3CC(F)(F)C3)CCc3ccccc32)c1. The summed E-state index contributed by atoms with van der Waals surface area (Å²) >= 11 is 0. The van der Waals surface area contributed by atoms with Gasteiger partial charge in [-0.15, -0.1) is 0 Å². The van der Waals surface area contributed by atoms with Crippen molar-refractivity contribution in [3.8, 4) is 6.07 Å². The van der Waals surface area contributed by atoms with E-state index < -0.39 is 71.4 Å². The molecule has 2 heterocycles. The Morgan fingerprint density at radius 1 is 1.07 bits per heavy atom. The van der Waals surface area contributed by atoms with Gasteiger partial charge in [0.2, 0.25) is 5.91 Å². The number of hydrogen-bond donors (Lipinski definition) is 1. The summed E-state index contributed by atoms with van der Waals surface area (Å²) in [6, 6.07) is 11.8. The Hall–Kier alpha value is -4.79. The standard InChI is InChI=1S/C31H25F4N5O3/c32-20-5-6-23(33)25(14-20)40(28(42)24-7-8-27(41)39(24)26-13-18(17-36)10-12-37-26)31(11-9-19-3-1-2-4-22(19)31)29(43)38-21-15-30(34,35)16-21/h1-6,10,12-14,21,24H,7-9,11,15-16H2,(H,38,43)/t24-,31-/m0/s1. The molecule has 3 amide bonds. The highest BCUT2D eigenvalue weighted by Gasteiger charge is 2.57. The molecule has 1 aliphatic heterocycles. The summed E-state index contributed by atoms with van der Waals surface area (Å²) in [5.74, 6) is -6.98. The Morgan fingerprint density at radius 2 is 1.84 bits per heavy atom.